The van der Waals surface area contributed by atoms with Crippen molar-refractivity contribution in [3.8, 4) is 0 Å². The molecule has 20 heavy (non-hydrogen) atoms. The van der Waals surface area contributed by atoms with Crippen LogP contribution in [0.15, 0.2) is 30.6 Å². The summed E-state index contributed by atoms with van der Waals surface area (Å²) in [5.74, 6) is 1.61. The van der Waals surface area contributed by atoms with Gasteiger partial charge in [0.1, 0.15) is 5.82 Å². The van der Waals surface area contributed by atoms with Crippen molar-refractivity contribution in [3.63, 3.8) is 0 Å². The summed E-state index contributed by atoms with van der Waals surface area (Å²) in [5, 5.41) is 7.82. The zero-order valence-electron chi connectivity index (χ0n) is 11.3. The molecule has 0 saturated carbocycles. The number of nitrogens with zero attached hydrogens (tertiary/aromatic N) is 5. The minimum Gasteiger partial charge on any atom is -0.326 e. The molecule has 6 heteroatoms. The number of aromatic nitrogens is 5. The molecule has 0 aliphatic heterocycles. The largest absolute Gasteiger partial charge is 0.326 e. The molecule has 3 rings (SSSR count). The zero-order chi connectivity index (χ0) is 13.9. The van der Waals surface area contributed by atoms with Gasteiger partial charge in [-0.1, -0.05) is 17.3 Å². The number of imidazole rings is 1. The second-order valence-electron chi connectivity index (χ2n) is 4.73. The summed E-state index contributed by atoms with van der Waals surface area (Å²) in [5.41, 5.74) is 3.41. The van der Waals surface area contributed by atoms with Gasteiger partial charge in [0.05, 0.1) is 23.8 Å². The number of aryl methyl sites for hydroxylation is 4. The van der Waals surface area contributed by atoms with Crippen LogP contribution in [0, 0.1) is 6.92 Å². The Morgan fingerprint density at radius 2 is 2.15 bits per heavy atom. The summed E-state index contributed by atoms with van der Waals surface area (Å²) < 4.78 is 4.05. The smallest absolute Gasteiger partial charge is 0.111 e. The highest BCUT2D eigenvalue weighted by molar-refractivity contribution is 6.17. The van der Waals surface area contributed by atoms with E-state index < -0.39 is 0 Å². The molecule has 0 aliphatic carbocycles. The Bertz CT molecular complexity index is 702. The Hall–Kier alpha value is -1.88. The maximum absolute atomic E-state index is 5.89. The summed E-state index contributed by atoms with van der Waals surface area (Å²) in [6.07, 6.45) is 4.33. The SMILES string of the molecule is Cc1cccc2c1nc(CCCl)n2CCn1ccnn1. The first kappa shape index (κ1) is 13.1. The lowest BCUT2D eigenvalue weighted by Crippen LogP contribution is -2.11. The van der Waals surface area contributed by atoms with E-state index in [1.54, 1.807) is 6.20 Å². The highest BCUT2D eigenvalue weighted by Gasteiger charge is 2.11. The van der Waals surface area contributed by atoms with Crippen LogP contribution in [0.4, 0.5) is 0 Å². The van der Waals surface area contributed by atoms with Crippen LogP contribution >= 0.6 is 11.6 Å². The summed E-state index contributed by atoms with van der Waals surface area (Å²) >= 11 is 5.89. The molecular formula is C14H16ClN5. The number of hydrogen-bond acceptors (Lipinski definition) is 3. The van der Waals surface area contributed by atoms with Crippen molar-refractivity contribution in [2.24, 2.45) is 0 Å². The van der Waals surface area contributed by atoms with Gasteiger partial charge in [-0.15, -0.1) is 16.7 Å². The zero-order valence-corrected chi connectivity index (χ0v) is 12.1. The van der Waals surface area contributed by atoms with E-state index in [0.29, 0.717) is 5.88 Å². The minimum absolute atomic E-state index is 0.575. The molecule has 0 radical (unpaired) electrons. The Kier molecular flexibility index (Phi) is 3.69. The first-order valence-electron chi connectivity index (χ1n) is 6.64. The van der Waals surface area contributed by atoms with E-state index in [1.165, 1.54) is 5.56 Å². The number of rotatable bonds is 5. The van der Waals surface area contributed by atoms with Crippen molar-refractivity contribution in [2.45, 2.75) is 26.4 Å². The lowest BCUT2D eigenvalue weighted by Gasteiger charge is -2.08. The molecule has 2 aromatic heterocycles. The number of hydrogen-bond donors (Lipinski definition) is 0. The van der Waals surface area contributed by atoms with E-state index in [2.05, 4.69) is 40.0 Å². The molecule has 2 heterocycles. The lowest BCUT2D eigenvalue weighted by molar-refractivity contribution is 0.516. The van der Waals surface area contributed by atoms with Gasteiger partial charge in [-0.2, -0.15) is 0 Å². The standard InChI is InChI=1S/C14H16ClN5/c1-11-3-2-4-12-14(11)17-13(5-6-15)20(12)10-9-19-8-7-16-18-19/h2-4,7-8H,5-6,9-10H2,1H3. The predicted molar refractivity (Wildman–Crippen MR) is 78.9 cm³/mol. The monoisotopic (exact) mass is 289 g/mol. The van der Waals surface area contributed by atoms with E-state index in [-0.39, 0.29) is 0 Å². The van der Waals surface area contributed by atoms with Crippen molar-refractivity contribution < 1.29 is 0 Å². The average molecular weight is 290 g/mol. The first-order chi connectivity index (χ1) is 9.79. The van der Waals surface area contributed by atoms with Gasteiger partial charge in [-0.25, -0.2) is 4.98 Å². The van der Waals surface area contributed by atoms with Crippen LogP contribution in [0.3, 0.4) is 0 Å². The fourth-order valence-electron chi connectivity index (χ4n) is 2.41. The van der Waals surface area contributed by atoms with Crippen LogP contribution in [0.25, 0.3) is 11.0 Å². The van der Waals surface area contributed by atoms with Gasteiger partial charge in [0.15, 0.2) is 0 Å². The highest BCUT2D eigenvalue weighted by atomic mass is 35.5. The van der Waals surface area contributed by atoms with E-state index >= 15 is 0 Å². The van der Waals surface area contributed by atoms with Crippen LogP contribution < -0.4 is 0 Å². The van der Waals surface area contributed by atoms with E-state index in [0.717, 1.165) is 36.4 Å². The fraction of sp³-hybridized carbons (Fsp3) is 0.357. The summed E-state index contributed by atoms with van der Waals surface area (Å²) in [7, 11) is 0. The Labute approximate surface area is 122 Å². The van der Waals surface area contributed by atoms with Gasteiger partial charge in [0.2, 0.25) is 0 Å². The van der Waals surface area contributed by atoms with Gasteiger partial charge < -0.3 is 4.57 Å². The minimum atomic E-state index is 0.575. The molecule has 5 nitrogen and oxygen atoms in total. The average Bonchev–Trinajstić information content (AvgIpc) is 3.05. The maximum Gasteiger partial charge on any atom is 0.111 e. The third kappa shape index (κ3) is 2.41. The lowest BCUT2D eigenvalue weighted by atomic mass is 10.2. The number of alkyl halides is 1. The third-order valence-electron chi connectivity index (χ3n) is 3.40. The summed E-state index contributed by atoms with van der Waals surface area (Å²) in [6, 6.07) is 6.26. The van der Waals surface area contributed by atoms with Gasteiger partial charge in [0, 0.05) is 25.0 Å². The molecule has 0 saturated heterocycles. The number of fused-ring (bicyclic) bond motifs is 1. The molecule has 0 aliphatic rings. The molecule has 0 bridgehead atoms. The number of benzene rings is 1. The maximum atomic E-state index is 5.89. The molecule has 0 atom stereocenters. The number of halogens is 1. The van der Waals surface area contributed by atoms with E-state index in [4.69, 9.17) is 16.6 Å². The van der Waals surface area contributed by atoms with Crippen LogP contribution in [0.2, 0.25) is 0 Å². The first-order valence-corrected chi connectivity index (χ1v) is 7.18. The predicted octanol–water partition coefficient (Wildman–Crippen LogP) is 2.42. The van der Waals surface area contributed by atoms with Gasteiger partial charge in [-0.3, -0.25) is 4.68 Å². The van der Waals surface area contributed by atoms with Crippen LogP contribution in [-0.4, -0.2) is 30.4 Å². The normalized spacial score (nSPS) is 11.3. The van der Waals surface area contributed by atoms with Gasteiger partial charge in [0.25, 0.3) is 0 Å². The van der Waals surface area contributed by atoms with Crippen LogP contribution in [0.5, 0.6) is 0 Å². The second-order valence-corrected chi connectivity index (χ2v) is 5.11. The third-order valence-corrected chi connectivity index (χ3v) is 3.59. The molecular weight excluding hydrogens is 274 g/mol. The summed E-state index contributed by atoms with van der Waals surface area (Å²) in [4.78, 5) is 4.74. The van der Waals surface area contributed by atoms with E-state index in [1.807, 2.05) is 10.9 Å². The Balaban J connectivity index is 1.98. The van der Waals surface area contributed by atoms with Crippen molar-refractivity contribution in [1.82, 2.24) is 24.5 Å². The Morgan fingerprint density at radius 1 is 1.25 bits per heavy atom. The fourth-order valence-corrected chi connectivity index (χ4v) is 2.58. The quantitative estimate of drug-likeness (QED) is 0.678. The Morgan fingerprint density at radius 3 is 2.90 bits per heavy atom. The van der Waals surface area contributed by atoms with Gasteiger partial charge in [-0.05, 0) is 18.6 Å². The molecule has 1 aromatic carbocycles. The molecule has 0 fully saturated rings. The van der Waals surface area contributed by atoms with Crippen LogP contribution in [0.1, 0.15) is 11.4 Å². The van der Waals surface area contributed by atoms with Crippen molar-refractivity contribution >= 4 is 22.6 Å². The van der Waals surface area contributed by atoms with Crippen molar-refractivity contribution in [3.05, 3.63) is 42.0 Å². The van der Waals surface area contributed by atoms with Crippen molar-refractivity contribution in [1.29, 1.82) is 0 Å². The molecule has 0 amide bonds. The second kappa shape index (κ2) is 5.63. The van der Waals surface area contributed by atoms with Gasteiger partial charge >= 0.3 is 0 Å². The molecule has 0 spiro atoms. The van der Waals surface area contributed by atoms with Crippen LogP contribution in [-0.2, 0) is 19.5 Å². The molecule has 3 aromatic rings. The number of para-hydroxylation sites is 1. The molecule has 104 valence electrons. The van der Waals surface area contributed by atoms with E-state index in [9.17, 15) is 0 Å². The highest BCUT2D eigenvalue weighted by Crippen LogP contribution is 2.20. The summed E-state index contributed by atoms with van der Waals surface area (Å²) in [6.45, 7) is 3.67. The molecule has 0 unspecified atom stereocenters. The molecule has 0 N–H and O–H groups in total. The van der Waals surface area contributed by atoms with Crippen molar-refractivity contribution in [2.75, 3.05) is 5.88 Å². The topological polar surface area (TPSA) is 48.5 Å².